The van der Waals surface area contributed by atoms with E-state index in [2.05, 4.69) is 10.1 Å². The van der Waals surface area contributed by atoms with E-state index in [1.807, 2.05) is 13.8 Å². The topological polar surface area (TPSA) is 73.6 Å². The first kappa shape index (κ1) is 12.6. The molecule has 0 bridgehead atoms. The van der Waals surface area contributed by atoms with Gasteiger partial charge in [-0.1, -0.05) is 0 Å². The SMILES string of the molecule is COC(=O)c1sc(NC(C)C)c(OC)c1N. The molecule has 0 atom stereocenters. The van der Waals surface area contributed by atoms with Crippen LogP contribution in [0.5, 0.6) is 5.75 Å². The summed E-state index contributed by atoms with van der Waals surface area (Å²) in [4.78, 5) is 11.8. The summed E-state index contributed by atoms with van der Waals surface area (Å²) in [6.45, 7) is 3.99. The number of carbonyl (C=O) groups is 1. The summed E-state index contributed by atoms with van der Waals surface area (Å²) < 4.78 is 9.81. The molecule has 1 heterocycles. The minimum absolute atomic E-state index is 0.234. The second-order valence-electron chi connectivity index (χ2n) is 3.50. The lowest BCUT2D eigenvalue weighted by molar-refractivity contribution is 0.0607. The van der Waals surface area contributed by atoms with Gasteiger partial charge in [0.25, 0.3) is 0 Å². The summed E-state index contributed by atoms with van der Waals surface area (Å²) in [5.41, 5.74) is 6.13. The number of methoxy groups -OCH3 is 2. The van der Waals surface area contributed by atoms with Gasteiger partial charge in [0.05, 0.1) is 14.2 Å². The predicted octanol–water partition coefficient (Wildman–Crippen LogP) is 1.95. The molecule has 1 rings (SSSR count). The minimum atomic E-state index is -0.447. The van der Waals surface area contributed by atoms with Crippen LogP contribution in [0.3, 0.4) is 0 Å². The maximum atomic E-state index is 11.4. The van der Waals surface area contributed by atoms with E-state index in [9.17, 15) is 4.79 Å². The predicted molar refractivity (Wildman–Crippen MR) is 65.4 cm³/mol. The highest BCUT2D eigenvalue weighted by molar-refractivity contribution is 7.19. The lowest BCUT2D eigenvalue weighted by Crippen LogP contribution is -2.09. The first-order chi connectivity index (χ1) is 7.51. The van der Waals surface area contributed by atoms with Crippen molar-refractivity contribution in [3.8, 4) is 5.75 Å². The molecular weight excluding hydrogens is 228 g/mol. The number of nitrogens with one attached hydrogen (secondary N) is 1. The molecule has 5 nitrogen and oxygen atoms in total. The van der Waals surface area contributed by atoms with Crippen molar-refractivity contribution in [2.45, 2.75) is 19.9 Å². The quantitative estimate of drug-likeness (QED) is 0.792. The van der Waals surface area contributed by atoms with Crippen LogP contribution in [0, 0.1) is 0 Å². The molecule has 0 spiro atoms. The lowest BCUT2D eigenvalue weighted by Gasteiger charge is -2.09. The van der Waals surface area contributed by atoms with Gasteiger partial charge >= 0.3 is 5.97 Å². The molecule has 90 valence electrons. The van der Waals surface area contributed by atoms with E-state index in [0.29, 0.717) is 16.3 Å². The number of hydrogen-bond acceptors (Lipinski definition) is 6. The molecule has 1 aromatic rings. The van der Waals surface area contributed by atoms with Crippen molar-refractivity contribution < 1.29 is 14.3 Å². The first-order valence-corrected chi connectivity index (χ1v) is 5.64. The Morgan fingerprint density at radius 1 is 1.44 bits per heavy atom. The molecule has 0 amide bonds. The van der Waals surface area contributed by atoms with Gasteiger partial charge in [0.2, 0.25) is 0 Å². The largest absolute Gasteiger partial charge is 0.492 e. The van der Waals surface area contributed by atoms with Crippen molar-refractivity contribution in [2.75, 3.05) is 25.3 Å². The molecule has 0 aliphatic rings. The number of ether oxygens (including phenoxy) is 2. The Labute approximate surface area is 98.5 Å². The molecule has 6 heteroatoms. The van der Waals surface area contributed by atoms with Crippen LogP contribution in [0.4, 0.5) is 10.7 Å². The summed E-state index contributed by atoms with van der Waals surface area (Å²) in [6.07, 6.45) is 0. The third-order valence-electron chi connectivity index (χ3n) is 1.89. The first-order valence-electron chi connectivity index (χ1n) is 4.82. The molecule has 16 heavy (non-hydrogen) atoms. The van der Waals surface area contributed by atoms with Crippen LogP contribution in [0.25, 0.3) is 0 Å². The van der Waals surface area contributed by atoms with Gasteiger partial charge in [0, 0.05) is 6.04 Å². The van der Waals surface area contributed by atoms with Crippen LogP contribution >= 0.6 is 11.3 Å². The number of nitrogens with two attached hydrogens (primary N) is 1. The Morgan fingerprint density at radius 3 is 2.50 bits per heavy atom. The van der Waals surface area contributed by atoms with E-state index in [1.54, 1.807) is 0 Å². The number of thiophene rings is 1. The Morgan fingerprint density at radius 2 is 2.06 bits per heavy atom. The molecule has 3 N–H and O–H groups in total. The van der Waals surface area contributed by atoms with Gasteiger partial charge in [-0.05, 0) is 13.8 Å². The molecular formula is C10H16N2O3S. The van der Waals surface area contributed by atoms with Crippen LogP contribution in [0.15, 0.2) is 0 Å². The molecule has 0 radical (unpaired) electrons. The van der Waals surface area contributed by atoms with Crippen molar-refractivity contribution in [2.24, 2.45) is 0 Å². The van der Waals surface area contributed by atoms with Gasteiger partial charge in [-0.2, -0.15) is 0 Å². The Hall–Kier alpha value is -1.43. The number of hydrogen-bond donors (Lipinski definition) is 2. The number of nitrogen functional groups attached to an aromatic ring is 1. The molecule has 1 aromatic heterocycles. The molecule has 0 aromatic carbocycles. The van der Waals surface area contributed by atoms with E-state index < -0.39 is 5.97 Å². The maximum Gasteiger partial charge on any atom is 0.350 e. The zero-order valence-corrected chi connectivity index (χ0v) is 10.6. The molecule has 0 fully saturated rings. The molecule has 0 aliphatic heterocycles. The standard InChI is InChI=1S/C10H16N2O3S/c1-5(2)12-9-7(14-3)6(11)8(16-9)10(13)15-4/h5,12H,11H2,1-4H3. The number of anilines is 2. The average molecular weight is 244 g/mol. The van der Waals surface area contributed by atoms with Crippen molar-refractivity contribution >= 4 is 28.0 Å². The van der Waals surface area contributed by atoms with Crippen LogP contribution in [0.1, 0.15) is 23.5 Å². The second-order valence-corrected chi connectivity index (χ2v) is 4.52. The highest BCUT2D eigenvalue weighted by atomic mass is 32.1. The van der Waals surface area contributed by atoms with Crippen molar-refractivity contribution in [3.63, 3.8) is 0 Å². The summed E-state index contributed by atoms with van der Waals surface area (Å²) in [5.74, 6) is 0.0525. The van der Waals surface area contributed by atoms with Crippen LogP contribution in [-0.4, -0.2) is 26.2 Å². The molecule has 0 aliphatic carbocycles. The fourth-order valence-electron chi connectivity index (χ4n) is 1.23. The summed E-state index contributed by atoms with van der Waals surface area (Å²) in [5, 5.41) is 3.92. The number of carbonyl (C=O) groups excluding carboxylic acids is 1. The highest BCUT2D eigenvalue weighted by Gasteiger charge is 2.22. The van der Waals surface area contributed by atoms with Gasteiger partial charge in [0.1, 0.15) is 15.6 Å². The van der Waals surface area contributed by atoms with E-state index in [-0.39, 0.29) is 6.04 Å². The zero-order chi connectivity index (χ0) is 12.3. The molecule has 0 unspecified atom stereocenters. The minimum Gasteiger partial charge on any atom is -0.492 e. The molecule has 0 saturated heterocycles. The van der Waals surface area contributed by atoms with Crippen LogP contribution < -0.4 is 15.8 Å². The smallest absolute Gasteiger partial charge is 0.350 e. The Bertz CT molecular complexity index is 388. The van der Waals surface area contributed by atoms with Gasteiger partial charge in [0.15, 0.2) is 5.75 Å². The van der Waals surface area contributed by atoms with Gasteiger partial charge < -0.3 is 20.5 Å². The Balaban J connectivity index is 3.14. The van der Waals surface area contributed by atoms with E-state index in [4.69, 9.17) is 10.5 Å². The van der Waals surface area contributed by atoms with Crippen LogP contribution in [0.2, 0.25) is 0 Å². The lowest BCUT2D eigenvalue weighted by atomic mass is 10.3. The summed E-state index contributed by atoms with van der Waals surface area (Å²) in [6, 6.07) is 0.234. The normalized spacial score (nSPS) is 10.3. The monoisotopic (exact) mass is 244 g/mol. The van der Waals surface area contributed by atoms with Gasteiger partial charge in [-0.3, -0.25) is 0 Å². The maximum absolute atomic E-state index is 11.4. The fourth-order valence-corrected chi connectivity index (χ4v) is 2.39. The van der Waals surface area contributed by atoms with Gasteiger partial charge in [-0.15, -0.1) is 11.3 Å². The number of esters is 1. The third kappa shape index (κ3) is 2.38. The second kappa shape index (κ2) is 5.07. The highest BCUT2D eigenvalue weighted by Crippen LogP contribution is 2.42. The zero-order valence-electron chi connectivity index (χ0n) is 9.79. The third-order valence-corrected chi connectivity index (χ3v) is 2.99. The van der Waals surface area contributed by atoms with Crippen LogP contribution in [-0.2, 0) is 4.74 Å². The summed E-state index contributed by atoms with van der Waals surface area (Å²) >= 11 is 1.24. The van der Waals surface area contributed by atoms with Crippen molar-refractivity contribution in [1.82, 2.24) is 0 Å². The van der Waals surface area contributed by atoms with Crippen molar-refractivity contribution in [3.05, 3.63) is 4.88 Å². The van der Waals surface area contributed by atoms with E-state index >= 15 is 0 Å². The fraction of sp³-hybridized carbons (Fsp3) is 0.500. The van der Waals surface area contributed by atoms with E-state index in [0.717, 1.165) is 5.00 Å². The number of rotatable bonds is 4. The van der Waals surface area contributed by atoms with Gasteiger partial charge in [-0.25, -0.2) is 4.79 Å². The summed E-state index contributed by atoms with van der Waals surface area (Å²) in [7, 11) is 2.84. The average Bonchev–Trinajstić information content (AvgIpc) is 2.53. The molecule has 0 saturated carbocycles. The van der Waals surface area contributed by atoms with E-state index in [1.165, 1.54) is 25.6 Å². The Kier molecular flexibility index (Phi) is 4.00. The van der Waals surface area contributed by atoms with Crippen molar-refractivity contribution in [1.29, 1.82) is 0 Å².